The van der Waals surface area contributed by atoms with Crippen LogP contribution in [0.1, 0.15) is 105 Å². The maximum atomic E-state index is 11.2. The van der Waals surface area contributed by atoms with Crippen molar-refractivity contribution in [1.29, 1.82) is 0 Å². The number of carboxylic acids is 2. The summed E-state index contributed by atoms with van der Waals surface area (Å²) >= 11 is 0. The molecule has 0 saturated carbocycles. The van der Waals surface area contributed by atoms with Crippen LogP contribution in [0.25, 0.3) is 0 Å². The van der Waals surface area contributed by atoms with Crippen LogP contribution in [0.4, 0.5) is 0 Å². The summed E-state index contributed by atoms with van der Waals surface area (Å²) in [6.45, 7) is 7.16. The highest BCUT2D eigenvalue weighted by molar-refractivity contribution is 5.73. The predicted molar refractivity (Wildman–Crippen MR) is 125 cm³/mol. The van der Waals surface area contributed by atoms with E-state index in [-0.39, 0.29) is 24.4 Å². The van der Waals surface area contributed by atoms with Gasteiger partial charge in [-0.05, 0) is 79.1 Å². The Labute approximate surface area is 193 Å². The molecule has 6 heteroatoms. The van der Waals surface area contributed by atoms with Crippen LogP contribution in [-0.2, 0) is 19.1 Å². The van der Waals surface area contributed by atoms with Gasteiger partial charge in [-0.1, -0.05) is 37.8 Å². The molecule has 0 aliphatic carbocycles. The van der Waals surface area contributed by atoms with Crippen LogP contribution in [0.2, 0.25) is 0 Å². The lowest BCUT2D eigenvalue weighted by Gasteiger charge is -2.19. The third-order valence-electron chi connectivity index (χ3n) is 7.13. The molecule has 0 amide bonds. The molecule has 0 radical (unpaired) electrons. The van der Waals surface area contributed by atoms with Crippen LogP contribution in [0.5, 0.6) is 0 Å². The third-order valence-corrected chi connectivity index (χ3v) is 7.13. The van der Waals surface area contributed by atoms with E-state index in [1.54, 1.807) is 27.7 Å². The fraction of sp³-hybridized carbons (Fsp3) is 0.846. The fourth-order valence-corrected chi connectivity index (χ4v) is 4.51. The van der Waals surface area contributed by atoms with Crippen molar-refractivity contribution in [3.8, 4) is 0 Å². The van der Waals surface area contributed by atoms with E-state index in [4.69, 9.17) is 9.47 Å². The summed E-state index contributed by atoms with van der Waals surface area (Å²) in [6.07, 6.45) is 16.7. The molecule has 0 bridgehead atoms. The van der Waals surface area contributed by atoms with Crippen molar-refractivity contribution >= 4 is 11.9 Å². The summed E-state index contributed by atoms with van der Waals surface area (Å²) in [4.78, 5) is 22.4. The van der Waals surface area contributed by atoms with Gasteiger partial charge in [-0.2, -0.15) is 0 Å². The lowest BCUT2D eigenvalue weighted by atomic mass is 9.87. The van der Waals surface area contributed by atoms with E-state index in [2.05, 4.69) is 12.2 Å². The van der Waals surface area contributed by atoms with Gasteiger partial charge in [-0.15, -0.1) is 0 Å². The number of carbonyl (C=O) groups is 2. The van der Waals surface area contributed by atoms with Gasteiger partial charge in [-0.25, -0.2) is 0 Å². The first-order valence-corrected chi connectivity index (χ1v) is 12.5. The Bertz CT molecular complexity index is 584. The standard InChI is InChI=1S/C26H44O6/c1-25(2,23(27)28)17-7-5-9-19-11-13-21(31-19)15-16-22-14-12-20(32-22)10-6-8-18-26(3,4)24(29)30/h15-16,19-22H,5-14,17-18H2,1-4H3,(H,27,28)(H,29,30). The molecule has 4 unspecified atom stereocenters. The number of carboxylic acid groups (broad SMARTS) is 2. The minimum absolute atomic E-state index is 0.163. The lowest BCUT2D eigenvalue weighted by Crippen LogP contribution is -2.23. The van der Waals surface area contributed by atoms with Crippen molar-refractivity contribution in [3.05, 3.63) is 12.2 Å². The molecule has 0 aromatic rings. The molecule has 4 atom stereocenters. The number of rotatable bonds is 14. The highest BCUT2D eigenvalue weighted by Crippen LogP contribution is 2.30. The van der Waals surface area contributed by atoms with Crippen LogP contribution in [0.3, 0.4) is 0 Å². The van der Waals surface area contributed by atoms with E-state index in [0.717, 1.165) is 64.2 Å². The van der Waals surface area contributed by atoms with Gasteiger partial charge in [0.15, 0.2) is 0 Å². The summed E-state index contributed by atoms with van der Waals surface area (Å²) in [5, 5.41) is 18.4. The maximum Gasteiger partial charge on any atom is 0.309 e. The van der Waals surface area contributed by atoms with E-state index in [9.17, 15) is 19.8 Å². The first kappa shape index (κ1) is 26.8. The van der Waals surface area contributed by atoms with E-state index in [0.29, 0.717) is 12.8 Å². The predicted octanol–water partition coefficient (Wildman–Crippen LogP) is 5.98. The van der Waals surface area contributed by atoms with Crippen molar-refractivity contribution in [2.24, 2.45) is 10.8 Å². The molecular formula is C26H44O6. The SMILES string of the molecule is CC(C)(CCCCC1CCC(C=CC2CCC(CCCCC(C)(C)C(=O)O)O2)O1)C(=O)O. The topological polar surface area (TPSA) is 93.1 Å². The van der Waals surface area contributed by atoms with Crippen molar-refractivity contribution < 1.29 is 29.3 Å². The molecule has 2 aliphatic heterocycles. The number of unbranched alkanes of at least 4 members (excludes halogenated alkanes) is 2. The Kier molecular flexibility index (Phi) is 10.2. The molecule has 2 fully saturated rings. The van der Waals surface area contributed by atoms with Crippen LogP contribution in [-0.4, -0.2) is 46.6 Å². The first-order chi connectivity index (χ1) is 15.0. The number of hydrogen-bond acceptors (Lipinski definition) is 4. The van der Waals surface area contributed by atoms with Crippen LogP contribution in [0, 0.1) is 10.8 Å². The van der Waals surface area contributed by atoms with Crippen molar-refractivity contribution in [3.63, 3.8) is 0 Å². The average molecular weight is 453 g/mol. The molecule has 2 saturated heterocycles. The molecule has 6 nitrogen and oxygen atoms in total. The highest BCUT2D eigenvalue weighted by atomic mass is 16.5. The third kappa shape index (κ3) is 8.86. The minimum Gasteiger partial charge on any atom is -0.481 e. The Hall–Kier alpha value is -1.40. The molecule has 2 heterocycles. The Morgan fingerprint density at radius 3 is 1.44 bits per heavy atom. The zero-order chi connectivity index (χ0) is 23.8. The van der Waals surface area contributed by atoms with E-state index >= 15 is 0 Å². The summed E-state index contributed by atoms with van der Waals surface area (Å²) in [5.41, 5.74) is -1.29. The largest absolute Gasteiger partial charge is 0.481 e. The summed E-state index contributed by atoms with van der Waals surface area (Å²) in [7, 11) is 0. The van der Waals surface area contributed by atoms with E-state index < -0.39 is 22.8 Å². The van der Waals surface area contributed by atoms with Crippen molar-refractivity contribution in [1.82, 2.24) is 0 Å². The molecule has 2 N–H and O–H groups in total. The second kappa shape index (κ2) is 12.2. The van der Waals surface area contributed by atoms with Crippen LogP contribution < -0.4 is 0 Å². The number of hydrogen-bond donors (Lipinski definition) is 2. The van der Waals surface area contributed by atoms with Gasteiger partial charge in [0.25, 0.3) is 0 Å². The van der Waals surface area contributed by atoms with Gasteiger partial charge in [0, 0.05) is 0 Å². The molecule has 0 spiro atoms. The summed E-state index contributed by atoms with van der Waals surface area (Å²) < 4.78 is 12.3. The molecule has 184 valence electrons. The van der Waals surface area contributed by atoms with Gasteiger partial charge in [0.05, 0.1) is 35.2 Å². The van der Waals surface area contributed by atoms with Gasteiger partial charge >= 0.3 is 11.9 Å². The number of ether oxygens (including phenoxy) is 2. The van der Waals surface area contributed by atoms with Crippen molar-refractivity contribution in [2.45, 2.75) is 129 Å². The first-order valence-electron chi connectivity index (χ1n) is 12.5. The monoisotopic (exact) mass is 452 g/mol. The normalized spacial score (nSPS) is 26.8. The Morgan fingerprint density at radius 1 is 0.719 bits per heavy atom. The second-order valence-electron chi connectivity index (χ2n) is 11.0. The van der Waals surface area contributed by atoms with Gasteiger partial charge in [0.1, 0.15) is 0 Å². The Morgan fingerprint density at radius 2 is 1.09 bits per heavy atom. The van der Waals surface area contributed by atoms with E-state index in [1.165, 1.54) is 0 Å². The summed E-state index contributed by atoms with van der Waals surface area (Å²) in [5.74, 6) is -1.45. The zero-order valence-corrected chi connectivity index (χ0v) is 20.5. The average Bonchev–Trinajstić information content (AvgIpc) is 3.36. The quantitative estimate of drug-likeness (QED) is 0.249. The molecule has 0 aromatic heterocycles. The van der Waals surface area contributed by atoms with Gasteiger partial charge in [-0.3, -0.25) is 9.59 Å². The smallest absolute Gasteiger partial charge is 0.309 e. The molecule has 2 aliphatic rings. The fourth-order valence-electron chi connectivity index (χ4n) is 4.51. The van der Waals surface area contributed by atoms with Crippen LogP contribution >= 0.6 is 0 Å². The van der Waals surface area contributed by atoms with Gasteiger partial charge in [0.2, 0.25) is 0 Å². The van der Waals surface area contributed by atoms with Crippen molar-refractivity contribution in [2.75, 3.05) is 0 Å². The van der Waals surface area contributed by atoms with Gasteiger partial charge < -0.3 is 19.7 Å². The highest BCUT2D eigenvalue weighted by Gasteiger charge is 2.29. The molecule has 2 rings (SSSR count). The Balaban J connectivity index is 1.57. The molecule has 32 heavy (non-hydrogen) atoms. The van der Waals surface area contributed by atoms with Crippen LogP contribution in [0.15, 0.2) is 12.2 Å². The minimum atomic E-state index is -0.724. The maximum absolute atomic E-state index is 11.2. The number of aliphatic carboxylic acids is 2. The van der Waals surface area contributed by atoms with E-state index in [1.807, 2.05) is 0 Å². The lowest BCUT2D eigenvalue weighted by molar-refractivity contribution is -0.148. The second-order valence-corrected chi connectivity index (χ2v) is 11.0. The summed E-state index contributed by atoms with van der Waals surface area (Å²) in [6, 6.07) is 0. The zero-order valence-electron chi connectivity index (χ0n) is 20.5. The molecular weight excluding hydrogens is 408 g/mol. The molecule has 0 aromatic carbocycles.